The Hall–Kier alpha value is -0.570. The Morgan fingerprint density at radius 2 is 2.18 bits per heavy atom. The Labute approximate surface area is 67.9 Å². The second-order valence-electron chi connectivity index (χ2n) is 2.77. The first-order valence-corrected chi connectivity index (χ1v) is 4.00. The molecule has 2 N–H and O–H groups in total. The van der Waals surface area contributed by atoms with Crippen molar-refractivity contribution in [2.75, 3.05) is 0 Å². The molecule has 0 saturated heterocycles. The summed E-state index contributed by atoms with van der Waals surface area (Å²) in [6, 6.07) is -0.0242. The summed E-state index contributed by atoms with van der Waals surface area (Å²) >= 11 is 0. The van der Waals surface area contributed by atoms with E-state index < -0.39 is 0 Å². The van der Waals surface area contributed by atoms with Gasteiger partial charge in [-0.05, 0) is 13.3 Å². The lowest BCUT2D eigenvalue weighted by atomic mass is 10.1. The Balaban J connectivity index is 3.63. The molecule has 0 aromatic rings. The van der Waals surface area contributed by atoms with Gasteiger partial charge in [-0.2, -0.15) is 0 Å². The van der Waals surface area contributed by atoms with E-state index in [9.17, 15) is 4.79 Å². The molecule has 0 aromatic carbocycles. The van der Waals surface area contributed by atoms with Gasteiger partial charge in [0, 0.05) is 13.0 Å². The minimum absolute atomic E-state index is 0.0242. The first kappa shape index (κ1) is 10.4. The molecule has 0 radical (unpaired) electrons. The van der Waals surface area contributed by atoms with Gasteiger partial charge in [-0.15, -0.1) is 0 Å². The summed E-state index contributed by atoms with van der Waals surface area (Å²) in [6.45, 7) is 5.28. The van der Waals surface area contributed by atoms with Crippen LogP contribution in [0.5, 0.6) is 0 Å². The van der Waals surface area contributed by atoms with Crippen LogP contribution in [0.2, 0.25) is 0 Å². The van der Waals surface area contributed by atoms with E-state index in [0.717, 1.165) is 12.8 Å². The minimum atomic E-state index is -0.260. The summed E-state index contributed by atoms with van der Waals surface area (Å²) in [4.78, 5) is 10.5. The van der Waals surface area contributed by atoms with Crippen LogP contribution in [0.25, 0.3) is 0 Å². The summed E-state index contributed by atoms with van der Waals surface area (Å²) in [5.41, 5.74) is 5.70. The normalized spacial score (nSPS) is 15.6. The van der Waals surface area contributed by atoms with Crippen LogP contribution in [0.15, 0.2) is 0 Å². The van der Waals surface area contributed by atoms with Gasteiger partial charge in [0.25, 0.3) is 0 Å². The molecule has 0 aliphatic rings. The number of hydrogen-bond acceptors (Lipinski definition) is 3. The molecule has 2 atom stereocenters. The number of carbonyl (C=O) groups is 1. The monoisotopic (exact) mass is 159 g/mol. The molecular weight excluding hydrogens is 142 g/mol. The highest BCUT2D eigenvalue weighted by atomic mass is 16.5. The molecule has 0 aliphatic carbocycles. The van der Waals surface area contributed by atoms with Crippen molar-refractivity contribution in [3.05, 3.63) is 0 Å². The molecule has 0 aliphatic heterocycles. The van der Waals surface area contributed by atoms with Crippen LogP contribution >= 0.6 is 0 Å². The van der Waals surface area contributed by atoms with E-state index in [2.05, 4.69) is 6.92 Å². The SMILES string of the molecule is CCCC(N)C(C)OC(C)=O. The number of rotatable bonds is 4. The average molecular weight is 159 g/mol. The van der Waals surface area contributed by atoms with E-state index in [1.54, 1.807) is 0 Å². The topological polar surface area (TPSA) is 52.3 Å². The Morgan fingerprint density at radius 1 is 1.64 bits per heavy atom. The van der Waals surface area contributed by atoms with Crippen LogP contribution < -0.4 is 5.73 Å². The Bertz CT molecular complexity index is 125. The zero-order valence-electron chi connectivity index (χ0n) is 7.46. The molecule has 0 amide bonds. The highest BCUT2D eigenvalue weighted by Gasteiger charge is 2.13. The van der Waals surface area contributed by atoms with Gasteiger partial charge in [0.05, 0.1) is 0 Å². The van der Waals surface area contributed by atoms with Crippen LogP contribution in [0.1, 0.15) is 33.6 Å². The summed E-state index contributed by atoms with van der Waals surface area (Å²) in [5.74, 6) is -0.260. The summed E-state index contributed by atoms with van der Waals surface area (Å²) in [7, 11) is 0. The van der Waals surface area contributed by atoms with E-state index in [-0.39, 0.29) is 18.1 Å². The molecule has 3 heteroatoms. The predicted molar refractivity (Wildman–Crippen MR) is 44.1 cm³/mol. The van der Waals surface area contributed by atoms with Crippen molar-refractivity contribution in [1.29, 1.82) is 0 Å². The van der Waals surface area contributed by atoms with Crippen LogP contribution in [-0.2, 0) is 9.53 Å². The maximum absolute atomic E-state index is 10.5. The van der Waals surface area contributed by atoms with Gasteiger partial charge in [-0.25, -0.2) is 0 Å². The van der Waals surface area contributed by atoms with Gasteiger partial charge < -0.3 is 10.5 Å². The first-order valence-electron chi connectivity index (χ1n) is 4.00. The maximum Gasteiger partial charge on any atom is 0.302 e. The number of nitrogens with two attached hydrogens (primary N) is 1. The molecule has 0 spiro atoms. The molecule has 66 valence electrons. The summed E-state index contributed by atoms with van der Waals surface area (Å²) in [5, 5.41) is 0. The fourth-order valence-corrected chi connectivity index (χ4v) is 0.917. The van der Waals surface area contributed by atoms with Gasteiger partial charge in [-0.1, -0.05) is 13.3 Å². The Morgan fingerprint density at radius 3 is 2.55 bits per heavy atom. The second-order valence-corrected chi connectivity index (χ2v) is 2.77. The molecule has 2 unspecified atom stereocenters. The third-order valence-electron chi connectivity index (χ3n) is 1.58. The predicted octanol–water partition coefficient (Wildman–Crippen LogP) is 1.07. The number of ether oxygens (including phenoxy) is 1. The van der Waals surface area contributed by atoms with E-state index in [4.69, 9.17) is 10.5 Å². The number of esters is 1. The van der Waals surface area contributed by atoms with Crippen molar-refractivity contribution in [3.63, 3.8) is 0 Å². The van der Waals surface area contributed by atoms with Crippen LogP contribution in [-0.4, -0.2) is 18.1 Å². The van der Waals surface area contributed by atoms with E-state index in [1.165, 1.54) is 6.92 Å². The molecular formula is C8H17NO2. The largest absolute Gasteiger partial charge is 0.461 e. The standard InChI is InChI=1S/C8H17NO2/c1-4-5-8(9)6(2)11-7(3)10/h6,8H,4-5,9H2,1-3H3. The zero-order chi connectivity index (χ0) is 8.85. The van der Waals surface area contributed by atoms with Gasteiger partial charge in [-0.3, -0.25) is 4.79 Å². The molecule has 11 heavy (non-hydrogen) atoms. The fourth-order valence-electron chi connectivity index (χ4n) is 0.917. The van der Waals surface area contributed by atoms with Gasteiger partial charge in [0.2, 0.25) is 0 Å². The van der Waals surface area contributed by atoms with E-state index >= 15 is 0 Å². The third-order valence-corrected chi connectivity index (χ3v) is 1.58. The number of carbonyl (C=O) groups excluding carboxylic acids is 1. The highest BCUT2D eigenvalue weighted by Crippen LogP contribution is 2.02. The van der Waals surface area contributed by atoms with Crippen molar-refractivity contribution in [3.8, 4) is 0 Å². The fraction of sp³-hybridized carbons (Fsp3) is 0.875. The van der Waals surface area contributed by atoms with Crippen LogP contribution in [0.3, 0.4) is 0 Å². The minimum Gasteiger partial charge on any atom is -0.461 e. The second kappa shape index (κ2) is 5.13. The smallest absolute Gasteiger partial charge is 0.302 e. The van der Waals surface area contributed by atoms with Crippen LogP contribution in [0, 0.1) is 0 Å². The summed E-state index contributed by atoms with van der Waals surface area (Å²) in [6.07, 6.45) is 1.76. The van der Waals surface area contributed by atoms with Gasteiger partial charge in [0.1, 0.15) is 6.10 Å². The third kappa shape index (κ3) is 4.79. The summed E-state index contributed by atoms with van der Waals surface area (Å²) < 4.78 is 4.90. The van der Waals surface area contributed by atoms with Gasteiger partial charge >= 0.3 is 5.97 Å². The molecule has 0 rings (SSSR count). The zero-order valence-corrected chi connectivity index (χ0v) is 7.46. The quantitative estimate of drug-likeness (QED) is 0.624. The lowest BCUT2D eigenvalue weighted by Gasteiger charge is -2.18. The number of hydrogen-bond donors (Lipinski definition) is 1. The lowest BCUT2D eigenvalue weighted by Crippen LogP contribution is -2.35. The van der Waals surface area contributed by atoms with Crippen molar-refractivity contribution in [2.45, 2.75) is 45.8 Å². The Kier molecular flexibility index (Phi) is 4.86. The van der Waals surface area contributed by atoms with E-state index in [1.807, 2.05) is 6.92 Å². The van der Waals surface area contributed by atoms with Crippen LogP contribution in [0.4, 0.5) is 0 Å². The van der Waals surface area contributed by atoms with Crippen molar-refractivity contribution < 1.29 is 9.53 Å². The highest BCUT2D eigenvalue weighted by molar-refractivity contribution is 5.66. The molecule has 3 nitrogen and oxygen atoms in total. The van der Waals surface area contributed by atoms with E-state index in [0.29, 0.717) is 0 Å². The first-order chi connectivity index (χ1) is 5.07. The maximum atomic E-state index is 10.5. The molecule has 0 bridgehead atoms. The molecule has 0 aromatic heterocycles. The molecule has 0 saturated carbocycles. The average Bonchev–Trinajstić information content (AvgIpc) is 1.86. The lowest BCUT2D eigenvalue weighted by molar-refractivity contribution is -0.146. The molecule has 0 fully saturated rings. The van der Waals surface area contributed by atoms with Gasteiger partial charge in [0.15, 0.2) is 0 Å². The van der Waals surface area contributed by atoms with Crippen molar-refractivity contribution >= 4 is 5.97 Å². The molecule has 0 heterocycles. The van der Waals surface area contributed by atoms with Crippen molar-refractivity contribution in [1.82, 2.24) is 0 Å². The van der Waals surface area contributed by atoms with Crippen molar-refractivity contribution in [2.24, 2.45) is 5.73 Å².